The van der Waals surface area contributed by atoms with E-state index in [-0.39, 0.29) is 0 Å². The number of rotatable bonds is 6. The molecule has 0 aromatic carbocycles. The lowest BCUT2D eigenvalue weighted by atomic mass is 10.0. The summed E-state index contributed by atoms with van der Waals surface area (Å²) in [6.45, 7) is 4.21. The molecule has 4 rings (SSSR count). The third-order valence-corrected chi connectivity index (χ3v) is 6.04. The molecular weight excluding hydrogens is 330 g/mol. The minimum Gasteiger partial charge on any atom is -0.363 e. The highest BCUT2D eigenvalue weighted by atomic mass is 32.1. The summed E-state index contributed by atoms with van der Waals surface area (Å²) in [5, 5.41) is 4.79. The van der Waals surface area contributed by atoms with E-state index >= 15 is 0 Å². The lowest BCUT2D eigenvalue weighted by Gasteiger charge is -2.09. The van der Waals surface area contributed by atoms with E-state index in [1.54, 1.807) is 17.7 Å². The predicted molar refractivity (Wildman–Crippen MR) is 105 cm³/mol. The number of aromatic nitrogens is 3. The fourth-order valence-corrected chi connectivity index (χ4v) is 4.92. The summed E-state index contributed by atoms with van der Waals surface area (Å²) in [7, 11) is 4.33. The standard InChI is InChI=1S/C19H25N5S/c1-4-6-14-12-7-5-8-13(12)15-16-17(25-19(15)23-14)18(22-11-21-16)20-9-10-24(2)3/h11H,4-10H2,1-3H3,(H,20,21,22)/p+1. The fourth-order valence-electron chi connectivity index (χ4n) is 3.78. The first-order chi connectivity index (χ1) is 12.2. The molecule has 3 heterocycles. The van der Waals surface area contributed by atoms with Gasteiger partial charge in [0.15, 0.2) is 0 Å². The average Bonchev–Trinajstić information content (AvgIpc) is 3.19. The molecule has 0 radical (unpaired) electrons. The summed E-state index contributed by atoms with van der Waals surface area (Å²) in [4.78, 5) is 16.8. The molecule has 0 unspecified atom stereocenters. The largest absolute Gasteiger partial charge is 0.363 e. The second-order valence-electron chi connectivity index (χ2n) is 7.19. The fraction of sp³-hybridized carbons (Fsp3) is 0.526. The Balaban J connectivity index is 1.84. The molecule has 3 aromatic rings. The Labute approximate surface area is 152 Å². The van der Waals surface area contributed by atoms with Gasteiger partial charge < -0.3 is 10.2 Å². The topological polar surface area (TPSA) is 55.1 Å². The molecule has 0 amide bonds. The molecule has 2 N–H and O–H groups in total. The van der Waals surface area contributed by atoms with Gasteiger partial charge in [-0.3, -0.25) is 0 Å². The zero-order valence-electron chi connectivity index (χ0n) is 15.3. The van der Waals surface area contributed by atoms with Crippen molar-refractivity contribution in [2.24, 2.45) is 0 Å². The Morgan fingerprint density at radius 3 is 2.84 bits per heavy atom. The second kappa shape index (κ2) is 6.84. The number of likely N-dealkylation sites (N-methyl/N-ethyl adjacent to an activating group) is 1. The summed E-state index contributed by atoms with van der Waals surface area (Å²) in [5.41, 5.74) is 5.40. The molecule has 25 heavy (non-hydrogen) atoms. The lowest BCUT2D eigenvalue weighted by molar-refractivity contribution is -0.856. The first-order valence-electron chi connectivity index (χ1n) is 9.29. The van der Waals surface area contributed by atoms with Crippen LogP contribution in [0.1, 0.15) is 36.6 Å². The van der Waals surface area contributed by atoms with Crippen molar-refractivity contribution >= 4 is 37.6 Å². The van der Waals surface area contributed by atoms with E-state index in [0.717, 1.165) is 53.2 Å². The first-order valence-corrected chi connectivity index (χ1v) is 10.1. The van der Waals surface area contributed by atoms with Gasteiger partial charge >= 0.3 is 0 Å². The van der Waals surface area contributed by atoms with E-state index < -0.39 is 0 Å². The smallest absolute Gasteiger partial charge is 0.147 e. The number of nitrogens with one attached hydrogen (secondary N) is 2. The average molecular weight is 357 g/mol. The Hall–Kier alpha value is -1.79. The molecule has 132 valence electrons. The number of fused-ring (bicyclic) bond motifs is 5. The zero-order chi connectivity index (χ0) is 17.4. The molecule has 5 nitrogen and oxygen atoms in total. The van der Waals surface area contributed by atoms with Crippen LogP contribution in [-0.4, -0.2) is 42.1 Å². The molecule has 0 saturated heterocycles. The van der Waals surface area contributed by atoms with E-state index in [2.05, 4.69) is 36.3 Å². The van der Waals surface area contributed by atoms with E-state index in [1.807, 2.05) is 0 Å². The SMILES string of the molecule is CCCc1nc2sc3c(NCC[NH+](C)C)ncnc3c2c2c1CCC2. The maximum Gasteiger partial charge on any atom is 0.147 e. The summed E-state index contributed by atoms with van der Waals surface area (Å²) in [6.07, 6.45) is 7.50. The van der Waals surface area contributed by atoms with Crippen LogP contribution in [0.5, 0.6) is 0 Å². The third-order valence-electron chi connectivity index (χ3n) is 4.96. The molecule has 1 aliphatic rings. The van der Waals surface area contributed by atoms with Crippen LogP contribution < -0.4 is 10.2 Å². The van der Waals surface area contributed by atoms with Crippen molar-refractivity contribution in [3.63, 3.8) is 0 Å². The minimum atomic E-state index is 0.912. The summed E-state index contributed by atoms with van der Waals surface area (Å²) < 4.78 is 1.15. The van der Waals surface area contributed by atoms with Gasteiger partial charge in [0.05, 0.1) is 37.4 Å². The van der Waals surface area contributed by atoms with Gasteiger partial charge in [-0.25, -0.2) is 15.0 Å². The van der Waals surface area contributed by atoms with Gasteiger partial charge in [0.1, 0.15) is 17.0 Å². The highest BCUT2D eigenvalue weighted by Gasteiger charge is 2.23. The lowest BCUT2D eigenvalue weighted by Crippen LogP contribution is -3.06. The van der Waals surface area contributed by atoms with Crippen molar-refractivity contribution < 1.29 is 4.90 Å². The van der Waals surface area contributed by atoms with Crippen LogP contribution in [0.2, 0.25) is 0 Å². The van der Waals surface area contributed by atoms with Crippen molar-refractivity contribution in [2.75, 3.05) is 32.5 Å². The van der Waals surface area contributed by atoms with Gasteiger partial charge in [-0.2, -0.15) is 0 Å². The van der Waals surface area contributed by atoms with Crippen LogP contribution in [0.4, 0.5) is 5.82 Å². The Bertz CT molecular complexity index is 915. The highest BCUT2D eigenvalue weighted by molar-refractivity contribution is 7.26. The Morgan fingerprint density at radius 2 is 2.04 bits per heavy atom. The molecule has 0 atom stereocenters. The molecule has 0 fully saturated rings. The molecule has 0 aliphatic heterocycles. The van der Waals surface area contributed by atoms with Gasteiger partial charge in [0.25, 0.3) is 0 Å². The Morgan fingerprint density at radius 1 is 1.20 bits per heavy atom. The second-order valence-corrected chi connectivity index (χ2v) is 8.18. The van der Waals surface area contributed by atoms with Crippen molar-refractivity contribution in [2.45, 2.75) is 39.0 Å². The summed E-state index contributed by atoms with van der Waals surface area (Å²) in [6, 6.07) is 0. The first kappa shape index (κ1) is 16.7. The molecule has 3 aromatic heterocycles. The molecule has 0 bridgehead atoms. The monoisotopic (exact) mass is 356 g/mol. The van der Waals surface area contributed by atoms with Crippen molar-refractivity contribution in [1.29, 1.82) is 0 Å². The number of nitrogens with zero attached hydrogens (tertiary/aromatic N) is 3. The quantitative estimate of drug-likeness (QED) is 0.711. The van der Waals surface area contributed by atoms with E-state index in [4.69, 9.17) is 4.98 Å². The maximum atomic E-state index is 5.04. The van der Waals surface area contributed by atoms with Gasteiger partial charge in [-0.05, 0) is 36.8 Å². The van der Waals surface area contributed by atoms with Crippen LogP contribution in [0.3, 0.4) is 0 Å². The van der Waals surface area contributed by atoms with Crippen molar-refractivity contribution in [3.8, 4) is 0 Å². The number of pyridine rings is 1. The summed E-state index contributed by atoms with van der Waals surface area (Å²) in [5.74, 6) is 0.957. The normalized spacial score (nSPS) is 13.9. The predicted octanol–water partition coefficient (Wildman–Crippen LogP) is 2.24. The Kier molecular flexibility index (Phi) is 4.56. The molecular formula is C19H26N5S+. The number of hydrogen-bond donors (Lipinski definition) is 2. The molecule has 0 saturated carbocycles. The van der Waals surface area contributed by atoms with Crippen molar-refractivity contribution in [1.82, 2.24) is 15.0 Å². The van der Waals surface area contributed by atoms with Gasteiger partial charge in [0.2, 0.25) is 0 Å². The van der Waals surface area contributed by atoms with Gasteiger partial charge in [-0.15, -0.1) is 11.3 Å². The minimum absolute atomic E-state index is 0.912. The van der Waals surface area contributed by atoms with E-state index in [1.165, 1.54) is 39.9 Å². The van der Waals surface area contributed by atoms with E-state index in [9.17, 15) is 0 Å². The van der Waals surface area contributed by atoms with Crippen LogP contribution in [0.15, 0.2) is 6.33 Å². The van der Waals surface area contributed by atoms with Crippen molar-refractivity contribution in [3.05, 3.63) is 23.1 Å². The molecule has 6 heteroatoms. The number of thiophene rings is 1. The number of hydrogen-bond acceptors (Lipinski definition) is 5. The molecule has 1 aliphatic carbocycles. The third kappa shape index (κ3) is 2.98. The van der Waals surface area contributed by atoms with Gasteiger partial charge in [0, 0.05) is 11.1 Å². The van der Waals surface area contributed by atoms with Crippen LogP contribution in [0.25, 0.3) is 20.4 Å². The van der Waals surface area contributed by atoms with Gasteiger partial charge in [-0.1, -0.05) is 13.3 Å². The summed E-state index contributed by atoms with van der Waals surface area (Å²) >= 11 is 1.75. The number of aryl methyl sites for hydroxylation is 2. The van der Waals surface area contributed by atoms with Crippen LogP contribution in [-0.2, 0) is 19.3 Å². The van der Waals surface area contributed by atoms with Crippen LogP contribution in [0, 0.1) is 0 Å². The van der Waals surface area contributed by atoms with E-state index in [0.29, 0.717) is 0 Å². The zero-order valence-corrected chi connectivity index (χ0v) is 16.1. The maximum absolute atomic E-state index is 5.04. The molecule has 0 spiro atoms. The highest BCUT2D eigenvalue weighted by Crippen LogP contribution is 2.41. The van der Waals surface area contributed by atoms with Crippen LogP contribution >= 0.6 is 11.3 Å². The number of anilines is 1. The number of quaternary nitrogens is 1.